The second-order valence-electron chi connectivity index (χ2n) is 8.87. The van der Waals surface area contributed by atoms with E-state index in [0.717, 1.165) is 36.3 Å². The quantitative estimate of drug-likeness (QED) is 0.770. The summed E-state index contributed by atoms with van der Waals surface area (Å²) in [4.78, 5) is 19.1. The Bertz CT molecular complexity index is 942. The number of hydrogen-bond acceptors (Lipinski definition) is 2. The highest BCUT2D eigenvalue weighted by atomic mass is 19.1. The lowest BCUT2D eigenvalue weighted by Gasteiger charge is -2.52. The molecule has 5 rings (SSSR count). The normalized spacial score (nSPS) is 28.7. The Morgan fingerprint density at radius 1 is 1.10 bits per heavy atom. The Morgan fingerprint density at radius 2 is 2.00 bits per heavy atom. The number of halogens is 1. The molecule has 5 heteroatoms. The van der Waals surface area contributed by atoms with Gasteiger partial charge in [0.05, 0.1) is 5.69 Å². The number of carbonyl (C=O) groups excluding carboxylic acids is 1. The number of benzene rings is 1. The zero-order valence-electron chi connectivity index (χ0n) is 17.1. The van der Waals surface area contributed by atoms with E-state index in [9.17, 15) is 9.18 Å². The molecule has 156 valence electrons. The Hall–Kier alpha value is -2.69. The minimum absolute atomic E-state index is 0.103. The number of carbonyl (C=O) groups is 1. The lowest BCUT2D eigenvalue weighted by molar-refractivity contribution is 0.0143. The molecule has 3 heterocycles. The molecule has 4 unspecified atom stereocenters. The number of rotatable bonds is 3. The fourth-order valence-electron chi connectivity index (χ4n) is 5.68. The van der Waals surface area contributed by atoms with Crippen LogP contribution in [0.15, 0.2) is 48.7 Å². The van der Waals surface area contributed by atoms with Gasteiger partial charge in [-0.3, -0.25) is 4.98 Å². The minimum Gasteiger partial charge on any atom is -0.338 e. The lowest BCUT2D eigenvalue weighted by atomic mass is 9.66. The van der Waals surface area contributed by atoms with Gasteiger partial charge in [0.25, 0.3) is 0 Å². The fraction of sp³-hybridized carbons (Fsp3) is 0.440. The maximum Gasteiger partial charge on any atom is 0.317 e. The number of urea groups is 1. The van der Waals surface area contributed by atoms with Crippen molar-refractivity contribution < 1.29 is 9.18 Å². The third kappa shape index (κ3) is 3.73. The van der Waals surface area contributed by atoms with Gasteiger partial charge >= 0.3 is 6.03 Å². The number of fused-ring (bicyclic) bond motifs is 2. The van der Waals surface area contributed by atoms with E-state index >= 15 is 0 Å². The number of nitrogens with one attached hydrogen (secondary N) is 1. The first kappa shape index (κ1) is 19.3. The van der Waals surface area contributed by atoms with Crippen molar-refractivity contribution in [3.8, 4) is 11.1 Å². The molecule has 3 fully saturated rings. The number of aromatic nitrogens is 1. The number of pyridine rings is 1. The first-order chi connectivity index (χ1) is 14.7. The Kier molecular flexibility index (Phi) is 5.28. The molecule has 0 radical (unpaired) electrons. The first-order valence-corrected chi connectivity index (χ1v) is 11.1. The van der Waals surface area contributed by atoms with E-state index in [1.54, 1.807) is 12.3 Å². The highest BCUT2D eigenvalue weighted by Crippen LogP contribution is 2.44. The van der Waals surface area contributed by atoms with Crippen molar-refractivity contribution >= 4 is 12.1 Å². The van der Waals surface area contributed by atoms with Crippen LogP contribution in [0.2, 0.25) is 0 Å². The maximum atomic E-state index is 13.5. The second-order valence-corrected chi connectivity index (χ2v) is 8.87. The van der Waals surface area contributed by atoms with E-state index < -0.39 is 0 Å². The van der Waals surface area contributed by atoms with Crippen molar-refractivity contribution in [1.29, 1.82) is 0 Å². The van der Waals surface area contributed by atoms with Gasteiger partial charge in [-0.25, -0.2) is 9.18 Å². The maximum absolute atomic E-state index is 13.5. The molecular formula is C25H28FN3O. The van der Waals surface area contributed by atoms with Crippen LogP contribution in [0.5, 0.6) is 0 Å². The summed E-state index contributed by atoms with van der Waals surface area (Å²) < 4.78 is 13.5. The average molecular weight is 406 g/mol. The molecule has 0 spiro atoms. The van der Waals surface area contributed by atoms with Crippen LogP contribution in [0.3, 0.4) is 0 Å². The number of nitrogens with zero attached hydrogens (tertiary/aromatic N) is 2. The summed E-state index contributed by atoms with van der Waals surface area (Å²) in [5.74, 6) is 1.42. The van der Waals surface area contributed by atoms with E-state index in [1.807, 2.05) is 18.2 Å². The van der Waals surface area contributed by atoms with Crippen molar-refractivity contribution in [2.75, 3.05) is 13.1 Å². The molecular weight excluding hydrogens is 377 g/mol. The SMILES string of the molecule is O=C1NCCC2C(/C=C/c3ccc(-c4cccc(F)c4)cn3)C3CCCCC3CN12. The van der Waals surface area contributed by atoms with Crippen molar-refractivity contribution in [3.63, 3.8) is 0 Å². The summed E-state index contributed by atoms with van der Waals surface area (Å²) >= 11 is 0. The molecule has 30 heavy (non-hydrogen) atoms. The number of amides is 2. The molecule has 1 aliphatic carbocycles. The number of hydrogen-bond donors (Lipinski definition) is 1. The topological polar surface area (TPSA) is 45.2 Å². The van der Waals surface area contributed by atoms with Gasteiger partial charge in [-0.2, -0.15) is 0 Å². The molecule has 1 aromatic heterocycles. The van der Waals surface area contributed by atoms with Gasteiger partial charge in [0, 0.05) is 36.8 Å². The lowest BCUT2D eigenvalue weighted by Crippen LogP contribution is -2.61. The van der Waals surface area contributed by atoms with Crippen LogP contribution in [0, 0.1) is 23.6 Å². The van der Waals surface area contributed by atoms with Gasteiger partial charge in [-0.15, -0.1) is 0 Å². The highest BCUT2D eigenvalue weighted by Gasteiger charge is 2.45. The van der Waals surface area contributed by atoms with Crippen LogP contribution >= 0.6 is 0 Å². The summed E-state index contributed by atoms with van der Waals surface area (Å²) in [5.41, 5.74) is 2.64. The summed E-state index contributed by atoms with van der Waals surface area (Å²) in [6.45, 7) is 1.67. The standard InChI is InChI=1S/C25H28FN3O/c26-20-6-3-5-17(14-20)18-8-9-21(28-15-18)10-11-23-22-7-2-1-4-19(22)16-29-24(23)12-13-27-25(29)30/h3,5-6,8-11,14-15,19,22-24H,1-2,4,7,12-13,16H2,(H,27,30)/b11-10+. The monoisotopic (exact) mass is 405 g/mol. The van der Waals surface area contributed by atoms with Crippen molar-refractivity contribution in [3.05, 3.63) is 60.2 Å². The van der Waals surface area contributed by atoms with Crippen LogP contribution in [0.4, 0.5) is 9.18 Å². The van der Waals surface area contributed by atoms with E-state index in [4.69, 9.17) is 0 Å². The van der Waals surface area contributed by atoms with Gasteiger partial charge in [0.2, 0.25) is 0 Å². The zero-order chi connectivity index (χ0) is 20.5. The summed E-state index contributed by atoms with van der Waals surface area (Å²) in [6.07, 6.45) is 12.3. The molecule has 1 saturated carbocycles. The smallest absolute Gasteiger partial charge is 0.317 e. The predicted molar refractivity (Wildman–Crippen MR) is 116 cm³/mol. The Balaban J connectivity index is 1.37. The van der Waals surface area contributed by atoms with Gasteiger partial charge in [-0.05, 0) is 60.9 Å². The van der Waals surface area contributed by atoms with Crippen LogP contribution in [-0.4, -0.2) is 35.0 Å². The van der Waals surface area contributed by atoms with Crippen molar-refractivity contribution in [1.82, 2.24) is 15.2 Å². The minimum atomic E-state index is -0.239. The zero-order valence-corrected chi connectivity index (χ0v) is 17.1. The van der Waals surface area contributed by atoms with Crippen LogP contribution in [0.1, 0.15) is 37.8 Å². The third-order valence-electron chi connectivity index (χ3n) is 7.15. The average Bonchev–Trinajstić information content (AvgIpc) is 2.78. The highest BCUT2D eigenvalue weighted by molar-refractivity contribution is 5.75. The fourth-order valence-corrected chi connectivity index (χ4v) is 5.68. The molecule has 2 aliphatic heterocycles. The Morgan fingerprint density at radius 3 is 2.83 bits per heavy atom. The van der Waals surface area contributed by atoms with Crippen molar-refractivity contribution in [2.24, 2.45) is 17.8 Å². The molecule has 2 saturated heterocycles. The molecule has 2 aromatic rings. The van der Waals surface area contributed by atoms with E-state index in [0.29, 0.717) is 23.8 Å². The first-order valence-electron chi connectivity index (χ1n) is 11.1. The van der Waals surface area contributed by atoms with Gasteiger partial charge in [0.1, 0.15) is 5.82 Å². The summed E-state index contributed by atoms with van der Waals surface area (Å²) in [6, 6.07) is 11.0. The molecule has 1 aromatic carbocycles. The third-order valence-corrected chi connectivity index (χ3v) is 7.15. The van der Waals surface area contributed by atoms with Gasteiger partial charge in [-0.1, -0.05) is 37.1 Å². The number of piperidine rings is 1. The summed E-state index contributed by atoms with van der Waals surface area (Å²) in [5, 5.41) is 3.02. The van der Waals surface area contributed by atoms with E-state index in [2.05, 4.69) is 27.4 Å². The van der Waals surface area contributed by atoms with Gasteiger partial charge < -0.3 is 10.2 Å². The molecule has 2 amide bonds. The van der Waals surface area contributed by atoms with E-state index in [1.165, 1.54) is 37.8 Å². The molecule has 0 bridgehead atoms. The van der Waals surface area contributed by atoms with E-state index in [-0.39, 0.29) is 11.8 Å². The second kappa shape index (κ2) is 8.21. The largest absolute Gasteiger partial charge is 0.338 e. The van der Waals surface area contributed by atoms with Gasteiger partial charge in [0.15, 0.2) is 0 Å². The molecule has 1 N–H and O–H groups in total. The molecule has 4 atom stereocenters. The molecule has 4 nitrogen and oxygen atoms in total. The summed E-state index contributed by atoms with van der Waals surface area (Å²) in [7, 11) is 0. The Labute approximate surface area is 177 Å². The van der Waals surface area contributed by atoms with Crippen LogP contribution < -0.4 is 5.32 Å². The predicted octanol–water partition coefficient (Wildman–Crippen LogP) is 5.12. The van der Waals surface area contributed by atoms with Crippen molar-refractivity contribution in [2.45, 2.75) is 38.1 Å². The van der Waals surface area contributed by atoms with Crippen LogP contribution in [-0.2, 0) is 0 Å². The molecule has 3 aliphatic rings. The van der Waals surface area contributed by atoms with Crippen LogP contribution in [0.25, 0.3) is 17.2 Å².